The van der Waals surface area contributed by atoms with Crippen LogP contribution in [0.15, 0.2) is 58.1 Å². The molecule has 0 unspecified atom stereocenters. The quantitative estimate of drug-likeness (QED) is 0.548. The molecule has 1 amide bonds. The molecule has 7 nitrogen and oxygen atoms in total. The van der Waals surface area contributed by atoms with Crippen molar-refractivity contribution < 1.29 is 18.1 Å². The predicted octanol–water partition coefficient (Wildman–Crippen LogP) is 3.62. The van der Waals surface area contributed by atoms with Gasteiger partial charge in [-0.15, -0.1) is 0 Å². The van der Waals surface area contributed by atoms with Crippen LogP contribution in [-0.4, -0.2) is 20.6 Å². The Hall–Kier alpha value is -3.59. The Balaban J connectivity index is 1.65. The average Bonchev–Trinajstić information content (AvgIpc) is 3.12. The number of nitrogens with one attached hydrogen (secondary N) is 1. The van der Waals surface area contributed by atoms with Crippen LogP contribution in [-0.2, 0) is 11.3 Å². The van der Waals surface area contributed by atoms with E-state index in [0.29, 0.717) is 5.56 Å². The zero-order valence-corrected chi connectivity index (χ0v) is 15.3. The maximum Gasteiger partial charge on any atom is 0.267 e. The Morgan fingerprint density at radius 1 is 1.14 bits per heavy atom. The Bertz CT molecular complexity index is 1290. The van der Waals surface area contributed by atoms with Crippen molar-refractivity contribution in [2.45, 2.75) is 6.54 Å². The van der Waals surface area contributed by atoms with Gasteiger partial charge in [-0.05, 0) is 42.5 Å². The number of hydrogen-bond acceptors (Lipinski definition) is 5. The lowest BCUT2D eigenvalue weighted by molar-refractivity contribution is -0.116. The van der Waals surface area contributed by atoms with Gasteiger partial charge in [0.15, 0.2) is 0 Å². The first kappa shape index (κ1) is 18.8. The van der Waals surface area contributed by atoms with E-state index in [1.165, 1.54) is 30.3 Å². The van der Waals surface area contributed by atoms with Crippen LogP contribution in [0, 0.1) is 11.6 Å². The zero-order chi connectivity index (χ0) is 20.5. The lowest BCUT2D eigenvalue weighted by atomic mass is 10.1. The molecule has 29 heavy (non-hydrogen) atoms. The summed E-state index contributed by atoms with van der Waals surface area (Å²) >= 11 is 5.89. The lowest BCUT2D eigenvalue weighted by Crippen LogP contribution is -2.28. The zero-order valence-electron chi connectivity index (χ0n) is 14.5. The largest absolute Gasteiger partial charge is 0.335 e. The molecule has 0 saturated carbocycles. The van der Waals surface area contributed by atoms with Crippen molar-refractivity contribution >= 4 is 34.3 Å². The molecule has 0 spiro atoms. The minimum absolute atomic E-state index is 0.00689. The number of amides is 1. The fourth-order valence-electron chi connectivity index (χ4n) is 2.73. The van der Waals surface area contributed by atoms with E-state index < -0.39 is 23.1 Å². The van der Waals surface area contributed by atoms with Gasteiger partial charge in [-0.25, -0.2) is 13.8 Å². The highest BCUT2D eigenvalue weighted by Crippen LogP contribution is 2.25. The second kappa shape index (κ2) is 7.44. The molecule has 0 fully saturated rings. The molecule has 1 N–H and O–H groups in total. The van der Waals surface area contributed by atoms with E-state index in [9.17, 15) is 18.4 Å². The van der Waals surface area contributed by atoms with Crippen molar-refractivity contribution in [3.63, 3.8) is 0 Å². The van der Waals surface area contributed by atoms with Gasteiger partial charge in [0.25, 0.3) is 11.3 Å². The molecular weight excluding hydrogens is 406 g/mol. The molecule has 0 radical (unpaired) electrons. The van der Waals surface area contributed by atoms with Crippen LogP contribution in [0.1, 0.15) is 0 Å². The van der Waals surface area contributed by atoms with Gasteiger partial charge in [0.05, 0.1) is 10.7 Å². The van der Waals surface area contributed by atoms with Crippen LogP contribution < -0.4 is 10.9 Å². The molecule has 2 aromatic heterocycles. The van der Waals surface area contributed by atoms with Gasteiger partial charge in [0, 0.05) is 5.56 Å². The number of benzene rings is 2. The maximum absolute atomic E-state index is 13.2. The first-order valence-electron chi connectivity index (χ1n) is 8.28. The van der Waals surface area contributed by atoms with Crippen LogP contribution in [0.5, 0.6) is 0 Å². The summed E-state index contributed by atoms with van der Waals surface area (Å²) in [7, 11) is 0. The number of nitrogens with zero attached hydrogens (tertiary/aromatic N) is 3. The molecule has 4 rings (SSSR count). The normalized spacial score (nSPS) is 11.0. The van der Waals surface area contributed by atoms with Crippen molar-refractivity contribution in [2.24, 2.45) is 0 Å². The third-order valence-corrected chi connectivity index (χ3v) is 4.41. The standard InChI is InChI=1S/C19H11ClF2N4O3/c20-13-7-12(22)5-6-14(13)24-15(27)8-26-9-23-18-16(19(26)28)17(25-29-18)10-1-3-11(21)4-2-10/h1-7,9H,8H2,(H,24,27). The highest BCUT2D eigenvalue weighted by molar-refractivity contribution is 6.33. The van der Waals surface area contributed by atoms with Crippen molar-refractivity contribution in [2.75, 3.05) is 5.32 Å². The van der Waals surface area contributed by atoms with E-state index in [4.69, 9.17) is 16.1 Å². The van der Waals surface area contributed by atoms with E-state index in [0.717, 1.165) is 23.0 Å². The van der Waals surface area contributed by atoms with Crippen molar-refractivity contribution in [3.05, 3.63) is 75.8 Å². The first-order valence-corrected chi connectivity index (χ1v) is 8.66. The number of aromatic nitrogens is 3. The SMILES string of the molecule is O=C(Cn1cnc2onc(-c3ccc(F)cc3)c2c1=O)Nc1ccc(F)cc1Cl. The molecule has 0 aliphatic rings. The van der Waals surface area contributed by atoms with Gasteiger partial charge < -0.3 is 9.84 Å². The highest BCUT2D eigenvalue weighted by atomic mass is 35.5. The fraction of sp³-hybridized carbons (Fsp3) is 0.0526. The Labute approximate surface area is 166 Å². The number of anilines is 1. The van der Waals surface area contributed by atoms with E-state index >= 15 is 0 Å². The smallest absolute Gasteiger partial charge is 0.267 e. The molecule has 2 aromatic carbocycles. The summed E-state index contributed by atoms with van der Waals surface area (Å²) in [5.74, 6) is -1.55. The third-order valence-electron chi connectivity index (χ3n) is 4.10. The Kier molecular flexibility index (Phi) is 4.81. The molecule has 0 atom stereocenters. The van der Waals surface area contributed by atoms with Gasteiger partial charge in [-0.2, -0.15) is 0 Å². The number of fused-ring (bicyclic) bond motifs is 1. The topological polar surface area (TPSA) is 90.0 Å². The highest BCUT2D eigenvalue weighted by Gasteiger charge is 2.18. The predicted molar refractivity (Wildman–Crippen MR) is 101 cm³/mol. The lowest BCUT2D eigenvalue weighted by Gasteiger charge is -2.08. The van der Waals surface area contributed by atoms with Crippen LogP contribution >= 0.6 is 11.6 Å². The molecule has 10 heteroatoms. The third kappa shape index (κ3) is 3.72. The summed E-state index contributed by atoms with van der Waals surface area (Å²) in [6.45, 7) is -0.372. The molecule has 0 aliphatic carbocycles. The summed E-state index contributed by atoms with van der Waals surface area (Å²) in [6.07, 6.45) is 1.15. The van der Waals surface area contributed by atoms with E-state index in [-0.39, 0.29) is 34.0 Å². The molecular formula is C19H11ClF2N4O3. The van der Waals surface area contributed by atoms with Crippen molar-refractivity contribution in [3.8, 4) is 11.3 Å². The molecule has 2 heterocycles. The van der Waals surface area contributed by atoms with Gasteiger partial charge in [0.2, 0.25) is 5.91 Å². The fourth-order valence-corrected chi connectivity index (χ4v) is 2.95. The number of carbonyl (C=O) groups excluding carboxylic acids is 1. The van der Waals surface area contributed by atoms with Gasteiger partial charge in [0.1, 0.15) is 35.6 Å². The number of halogens is 3. The summed E-state index contributed by atoms with van der Waals surface area (Å²) < 4.78 is 32.4. The second-order valence-corrected chi connectivity index (χ2v) is 6.48. The van der Waals surface area contributed by atoms with Gasteiger partial charge in [-0.1, -0.05) is 16.8 Å². The molecule has 0 saturated heterocycles. The number of rotatable bonds is 4. The minimum Gasteiger partial charge on any atom is -0.335 e. The number of carbonyl (C=O) groups is 1. The Morgan fingerprint density at radius 2 is 1.86 bits per heavy atom. The van der Waals surface area contributed by atoms with E-state index in [2.05, 4.69) is 15.5 Å². The summed E-state index contributed by atoms with van der Waals surface area (Å²) in [5, 5.41) is 6.43. The first-order chi connectivity index (χ1) is 13.9. The van der Waals surface area contributed by atoms with Crippen molar-refractivity contribution in [1.82, 2.24) is 14.7 Å². The minimum atomic E-state index is -0.568. The monoisotopic (exact) mass is 416 g/mol. The summed E-state index contributed by atoms with van der Waals surface area (Å²) in [4.78, 5) is 29.1. The van der Waals surface area contributed by atoms with E-state index in [1.807, 2.05) is 0 Å². The average molecular weight is 417 g/mol. The van der Waals surface area contributed by atoms with E-state index in [1.54, 1.807) is 0 Å². The van der Waals surface area contributed by atoms with Gasteiger partial charge >= 0.3 is 0 Å². The van der Waals surface area contributed by atoms with Crippen LogP contribution in [0.3, 0.4) is 0 Å². The summed E-state index contributed by atoms with van der Waals surface area (Å²) in [6, 6.07) is 8.87. The summed E-state index contributed by atoms with van der Waals surface area (Å²) in [5.41, 5.74) is 0.291. The molecule has 0 aliphatic heterocycles. The van der Waals surface area contributed by atoms with Crippen molar-refractivity contribution in [1.29, 1.82) is 0 Å². The molecule has 0 bridgehead atoms. The van der Waals surface area contributed by atoms with Crippen LogP contribution in [0.2, 0.25) is 5.02 Å². The van der Waals surface area contributed by atoms with Crippen LogP contribution in [0.4, 0.5) is 14.5 Å². The van der Waals surface area contributed by atoms with Crippen LogP contribution in [0.25, 0.3) is 22.4 Å². The maximum atomic E-state index is 13.2. The van der Waals surface area contributed by atoms with Gasteiger partial charge in [-0.3, -0.25) is 14.2 Å². The number of hydrogen-bond donors (Lipinski definition) is 1. The molecule has 146 valence electrons. The Morgan fingerprint density at radius 3 is 2.59 bits per heavy atom. The second-order valence-electron chi connectivity index (χ2n) is 6.07. The molecule has 4 aromatic rings.